The number of amides is 1. The average Bonchev–Trinajstić information content (AvgIpc) is 3.18. The van der Waals surface area contributed by atoms with Crippen LogP contribution in [0.2, 0.25) is 0 Å². The van der Waals surface area contributed by atoms with Crippen LogP contribution < -0.4 is 9.47 Å². The predicted molar refractivity (Wildman–Crippen MR) is 142 cm³/mol. The molecule has 1 saturated heterocycles. The van der Waals surface area contributed by atoms with Crippen LogP contribution in [0.3, 0.4) is 0 Å². The van der Waals surface area contributed by atoms with Gasteiger partial charge in [-0.2, -0.15) is 0 Å². The third kappa shape index (κ3) is 5.95. The molecular formula is C28H26N2O5S. The Hall–Kier alpha value is -4.04. The van der Waals surface area contributed by atoms with Gasteiger partial charge in [0.15, 0.2) is 5.17 Å². The second-order valence-corrected chi connectivity index (χ2v) is 8.82. The number of para-hydroxylation sites is 1. The van der Waals surface area contributed by atoms with Crippen molar-refractivity contribution >= 4 is 40.6 Å². The molecule has 4 rings (SSSR count). The van der Waals surface area contributed by atoms with Crippen molar-refractivity contribution in [2.75, 3.05) is 13.2 Å². The van der Waals surface area contributed by atoms with E-state index in [9.17, 15) is 9.59 Å². The van der Waals surface area contributed by atoms with Gasteiger partial charge in [-0.05, 0) is 79.7 Å². The fourth-order valence-electron chi connectivity index (χ4n) is 3.54. The van der Waals surface area contributed by atoms with Crippen molar-refractivity contribution in [2.24, 2.45) is 4.99 Å². The van der Waals surface area contributed by atoms with E-state index in [4.69, 9.17) is 14.6 Å². The molecule has 1 aliphatic rings. The Balaban J connectivity index is 1.53. The molecule has 184 valence electrons. The minimum Gasteiger partial charge on any atom is -0.494 e. The average molecular weight is 503 g/mol. The number of hydrogen-bond donors (Lipinski definition) is 1. The molecule has 0 unspecified atom stereocenters. The first-order valence-corrected chi connectivity index (χ1v) is 12.4. The number of aliphatic imine (C=N–C) groups is 1. The molecule has 1 N–H and O–H groups in total. The Morgan fingerprint density at radius 2 is 1.72 bits per heavy atom. The van der Waals surface area contributed by atoms with Crippen molar-refractivity contribution < 1.29 is 24.2 Å². The summed E-state index contributed by atoms with van der Waals surface area (Å²) >= 11 is 1.33. The van der Waals surface area contributed by atoms with E-state index < -0.39 is 5.97 Å². The summed E-state index contributed by atoms with van der Waals surface area (Å²) in [6.45, 7) is 5.22. The summed E-state index contributed by atoms with van der Waals surface area (Å²) in [5.41, 5.74) is 2.58. The Bertz CT molecular complexity index is 1300. The Morgan fingerprint density at radius 3 is 2.39 bits per heavy atom. The number of carboxylic acids is 1. The van der Waals surface area contributed by atoms with Crippen molar-refractivity contribution in [1.29, 1.82) is 0 Å². The lowest BCUT2D eigenvalue weighted by Crippen LogP contribution is -2.28. The van der Waals surface area contributed by atoms with Crippen LogP contribution in [-0.4, -0.2) is 40.2 Å². The molecule has 7 nitrogen and oxygen atoms in total. The molecule has 3 aromatic rings. The molecule has 0 radical (unpaired) electrons. The minimum absolute atomic E-state index is 0.105. The fraction of sp³-hybridized carbons (Fsp3) is 0.179. The number of aromatic carboxylic acids is 1. The molecule has 0 saturated carbocycles. The van der Waals surface area contributed by atoms with Crippen LogP contribution in [0.5, 0.6) is 11.5 Å². The topological polar surface area (TPSA) is 88.4 Å². The second-order valence-electron chi connectivity index (χ2n) is 7.81. The number of benzene rings is 3. The van der Waals surface area contributed by atoms with Gasteiger partial charge in [0.05, 0.1) is 22.8 Å². The summed E-state index contributed by atoms with van der Waals surface area (Å²) in [5, 5.41) is 9.68. The maximum Gasteiger partial charge on any atom is 0.335 e. The van der Waals surface area contributed by atoms with Gasteiger partial charge in [0, 0.05) is 12.1 Å². The standard InChI is InChI=1S/C28H26N2O5S/c1-3-30-26(31)25(36-28(30)29-22-13-15-23(16-14-22)34-4-2)17-21-7-5-6-8-24(21)35-18-19-9-11-20(12-10-19)27(32)33/h5-17H,3-4,18H2,1-2H3,(H,32,33)/b25-17-,29-28?. The minimum atomic E-state index is -0.968. The zero-order valence-electron chi connectivity index (χ0n) is 20.0. The highest BCUT2D eigenvalue weighted by Crippen LogP contribution is 2.35. The molecule has 8 heteroatoms. The molecule has 1 amide bonds. The highest BCUT2D eigenvalue weighted by Gasteiger charge is 2.32. The highest BCUT2D eigenvalue weighted by atomic mass is 32.2. The fourth-order valence-corrected chi connectivity index (χ4v) is 4.59. The Labute approximate surface area is 214 Å². The molecule has 3 aromatic carbocycles. The molecule has 36 heavy (non-hydrogen) atoms. The quantitative estimate of drug-likeness (QED) is 0.362. The number of hydrogen-bond acceptors (Lipinski definition) is 6. The van der Waals surface area contributed by atoms with Gasteiger partial charge in [-0.15, -0.1) is 0 Å². The summed E-state index contributed by atoms with van der Waals surface area (Å²) < 4.78 is 11.5. The number of likely N-dealkylation sites (N-methyl/N-ethyl adjacent to an activating group) is 1. The summed E-state index contributed by atoms with van der Waals surface area (Å²) in [4.78, 5) is 31.1. The van der Waals surface area contributed by atoms with E-state index in [0.717, 1.165) is 22.6 Å². The summed E-state index contributed by atoms with van der Waals surface area (Å²) in [6.07, 6.45) is 1.82. The first-order valence-electron chi connectivity index (χ1n) is 11.6. The van der Waals surface area contributed by atoms with Gasteiger partial charge in [0.25, 0.3) is 5.91 Å². The first kappa shape index (κ1) is 25.1. The number of ether oxygens (including phenoxy) is 2. The van der Waals surface area contributed by atoms with Gasteiger partial charge in [-0.25, -0.2) is 9.79 Å². The molecule has 1 aliphatic heterocycles. The third-order valence-electron chi connectivity index (χ3n) is 5.38. The zero-order chi connectivity index (χ0) is 25.5. The monoisotopic (exact) mass is 502 g/mol. The summed E-state index contributed by atoms with van der Waals surface area (Å²) in [7, 11) is 0. The highest BCUT2D eigenvalue weighted by molar-refractivity contribution is 8.18. The largest absolute Gasteiger partial charge is 0.494 e. The van der Waals surface area contributed by atoms with Gasteiger partial charge in [-0.3, -0.25) is 9.69 Å². The zero-order valence-corrected chi connectivity index (χ0v) is 20.8. The van der Waals surface area contributed by atoms with E-state index in [0.29, 0.717) is 29.0 Å². The van der Waals surface area contributed by atoms with E-state index in [-0.39, 0.29) is 18.1 Å². The van der Waals surface area contributed by atoms with Crippen LogP contribution in [0, 0.1) is 0 Å². The number of carbonyl (C=O) groups excluding carboxylic acids is 1. The van der Waals surface area contributed by atoms with Gasteiger partial charge in [0.1, 0.15) is 18.1 Å². The van der Waals surface area contributed by atoms with Crippen molar-refractivity contribution in [1.82, 2.24) is 4.90 Å². The van der Waals surface area contributed by atoms with Gasteiger partial charge in [-0.1, -0.05) is 30.3 Å². The van der Waals surface area contributed by atoms with Crippen LogP contribution in [0.15, 0.2) is 82.7 Å². The molecule has 1 heterocycles. The normalized spacial score (nSPS) is 15.5. The number of nitrogens with zero attached hydrogens (tertiary/aromatic N) is 2. The number of thioether (sulfide) groups is 1. The Kier molecular flexibility index (Phi) is 8.07. The molecule has 0 atom stereocenters. The van der Waals surface area contributed by atoms with E-state index in [2.05, 4.69) is 4.99 Å². The molecule has 0 spiro atoms. The smallest absolute Gasteiger partial charge is 0.335 e. The van der Waals surface area contributed by atoms with Crippen LogP contribution in [0.25, 0.3) is 6.08 Å². The summed E-state index contributed by atoms with van der Waals surface area (Å²) in [6, 6.07) is 21.5. The lowest BCUT2D eigenvalue weighted by atomic mass is 10.1. The molecule has 1 fully saturated rings. The third-order valence-corrected chi connectivity index (χ3v) is 6.38. The lowest BCUT2D eigenvalue weighted by Gasteiger charge is -2.12. The van der Waals surface area contributed by atoms with Gasteiger partial charge in [0.2, 0.25) is 0 Å². The number of amidine groups is 1. The van der Waals surface area contributed by atoms with Crippen molar-refractivity contribution in [3.05, 3.63) is 94.4 Å². The van der Waals surface area contributed by atoms with E-state index >= 15 is 0 Å². The van der Waals surface area contributed by atoms with Crippen molar-refractivity contribution in [3.63, 3.8) is 0 Å². The van der Waals surface area contributed by atoms with Crippen molar-refractivity contribution in [3.8, 4) is 11.5 Å². The van der Waals surface area contributed by atoms with E-state index in [1.165, 1.54) is 11.8 Å². The lowest BCUT2D eigenvalue weighted by molar-refractivity contribution is -0.122. The first-order chi connectivity index (χ1) is 17.5. The van der Waals surface area contributed by atoms with Crippen LogP contribution in [-0.2, 0) is 11.4 Å². The molecular weight excluding hydrogens is 476 g/mol. The molecule has 0 aromatic heterocycles. The van der Waals surface area contributed by atoms with E-state index in [1.54, 1.807) is 29.2 Å². The molecule has 0 bridgehead atoms. The number of carbonyl (C=O) groups is 2. The van der Waals surface area contributed by atoms with Crippen molar-refractivity contribution in [2.45, 2.75) is 20.5 Å². The maximum atomic E-state index is 13.1. The predicted octanol–water partition coefficient (Wildman–Crippen LogP) is 5.99. The SMILES string of the molecule is CCOc1ccc(N=C2S/C(=C\c3ccccc3OCc3ccc(C(=O)O)cc3)C(=O)N2CC)cc1. The maximum absolute atomic E-state index is 13.1. The number of rotatable bonds is 9. The van der Waals surface area contributed by atoms with Gasteiger partial charge < -0.3 is 14.6 Å². The second kappa shape index (κ2) is 11.6. The van der Waals surface area contributed by atoms with Gasteiger partial charge >= 0.3 is 5.97 Å². The van der Waals surface area contributed by atoms with Crippen LogP contribution >= 0.6 is 11.8 Å². The molecule has 0 aliphatic carbocycles. The van der Waals surface area contributed by atoms with Crippen LogP contribution in [0.4, 0.5) is 5.69 Å². The Morgan fingerprint density at radius 1 is 1.00 bits per heavy atom. The van der Waals surface area contributed by atoms with Crippen LogP contribution in [0.1, 0.15) is 35.3 Å². The summed E-state index contributed by atoms with van der Waals surface area (Å²) in [5.74, 6) is 0.329. The van der Waals surface area contributed by atoms with E-state index in [1.807, 2.05) is 68.5 Å². The number of carboxylic acid groups (broad SMARTS) is 1.